The van der Waals surface area contributed by atoms with Crippen molar-refractivity contribution in [3.8, 4) is 5.69 Å². The van der Waals surface area contributed by atoms with Gasteiger partial charge >= 0.3 is 0 Å². The molecule has 0 aliphatic carbocycles. The maximum atomic E-state index is 14.0. The Balaban J connectivity index is 2.44. The van der Waals surface area contributed by atoms with E-state index in [4.69, 9.17) is 12.2 Å². The average Bonchev–Trinajstić information content (AvgIpc) is 2.70. The highest BCUT2D eigenvalue weighted by molar-refractivity contribution is 7.71. The maximum Gasteiger partial charge on any atom is 0.184 e. The van der Waals surface area contributed by atoms with E-state index in [0.29, 0.717) is 16.8 Å². The van der Waals surface area contributed by atoms with E-state index >= 15 is 0 Å². The third kappa shape index (κ3) is 1.92. The molecule has 0 saturated heterocycles. The van der Waals surface area contributed by atoms with E-state index in [-0.39, 0.29) is 10.3 Å². The predicted molar refractivity (Wildman–Crippen MR) is 73.1 cm³/mol. The Labute approximate surface area is 117 Å². The quantitative estimate of drug-likeness (QED) is 0.659. The molecule has 0 amide bonds. The highest BCUT2D eigenvalue weighted by Gasteiger charge is 2.15. The first kappa shape index (κ1) is 12.9. The minimum atomic E-state index is -1.02. The zero-order chi connectivity index (χ0) is 14.4. The molecule has 0 aliphatic rings. The number of halogens is 3. The van der Waals surface area contributed by atoms with Gasteiger partial charge in [0.05, 0.1) is 11.2 Å². The minimum Gasteiger partial charge on any atom is -0.330 e. The van der Waals surface area contributed by atoms with Crippen molar-refractivity contribution in [1.29, 1.82) is 0 Å². The lowest BCUT2D eigenvalue weighted by Gasteiger charge is -2.07. The summed E-state index contributed by atoms with van der Waals surface area (Å²) in [6, 6.07) is 6.63. The van der Waals surface area contributed by atoms with Crippen LogP contribution in [-0.2, 0) is 0 Å². The molecule has 0 aliphatic heterocycles. The van der Waals surface area contributed by atoms with Crippen LogP contribution in [0.25, 0.3) is 16.7 Å². The molecule has 3 aromatic rings. The van der Waals surface area contributed by atoms with Crippen LogP contribution < -0.4 is 0 Å². The summed E-state index contributed by atoms with van der Waals surface area (Å²) < 4.78 is 42.4. The Kier molecular flexibility index (Phi) is 2.90. The summed E-state index contributed by atoms with van der Waals surface area (Å²) >= 11 is 5.12. The molecular weight excluding hydrogens is 285 g/mol. The summed E-state index contributed by atoms with van der Waals surface area (Å²) in [5.41, 5.74) is 1.34. The van der Waals surface area contributed by atoms with Crippen molar-refractivity contribution in [1.82, 2.24) is 9.55 Å². The molecule has 0 bridgehead atoms. The fourth-order valence-corrected chi connectivity index (χ4v) is 2.53. The molecule has 1 heterocycles. The molecule has 20 heavy (non-hydrogen) atoms. The van der Waals surface area contributed by atoms with Gasteiger partial charge < -0.3 is 4.98 Å². The lowest BCUT2D eigenvalue weighted by atomic mass is 10.2. The third-order valence-corrected chi connectivity index (χ3v) is 3.31. The summed E-state index contributed by atoms with van der Waals surface area (Å²) in [7, 11) is 0. The van der Waals surface area contributed by atoms with Crippen LogP contribution in [0, 0.1) is 29.1 Å². The summed E-state index contributed by atoms with van der Waals surface area (Å²) in [6.07, 6.45) is 0. The van der Waals surface area contributed by atoms with Gasteiger partial charge in [-0.3, -0.25) is 4.57 Å². The topological polar surface area (TPSA) is 20.7 Å². The van der Waals surface area contributed by atoms with Crippen molar-refractivity contribution in [3.05, 3.63) is 58.1 Å². The highest BCUT2D eigenvalue weighted by Crippen LogP contribution is 2.25. The number of H-pyrrole nitrogens is 1. The SMILES string of the molecule is Cc1cc(F)cc(-n2c(=S)[nH]c3ccc(F)c(F)c32)c1. The number of rotatable bonds is 1. The zero-order valence-electron chi connectivity index (χ0n) is 10.4. The number of fused-ring (bicyclic) bond motifs is 1. The molecule has 1 aromatic heterocycles. The summed E-state index contributed by atoms with van der Waals surface area (Å²) in [5, 5.41) is 0. The lowest BCUT2D eigenvalue weighted by Crippen LogP contribution is -1.98. The van der Waals surface area contributed by atoms with Gasteiger partial charge in [-0.15, -0.1) is 0 Å². The Bertz CT molecular complexity index is 860. The number of aryl methyl sites for hydroxylation is 1. The predicted octanol–water partition coefficient (Wildman–Crippen LogP) is 4.41. The molecule has 1 N–H and O–H groups in total. The van der Waals surface area contributed by atoms with Gasteiger partial charge in [-0.1, -0.05) is 0 Å². The molecule has 2 nitrogen and oxygen atoms in total. The standard InChI is InChI=1S/C14H9F3N2S/c1-7-4-8(15)6-9(5-7)19-13-11(18-14(19)20)3-2-10(16)12(13)17/h2-6H,1H3,(H,18,20). The van der Waals surface area contributed by atoms with E-state index in [0.717, 1.165) is 6.07 Å². The van der Waals surface area contributed by atoms with E-state index in [1.54, 1.807) is 13.0 Å². The van der Waals surface area contributed by atoms with Crippen LogP contribution in [0.3, 0.4) is 0 Å². The number of benzene rings is 2. The van der Waals surface area contributed by atoms with E-state index in [1.807, 2.05) is 0 Å². The monoisotopic (exact) mass is 294 g/mol. The Morgan fingerprint density at radius 1 is 1.10 bits per heavy atom. The second-order valence-electron chi connectivity index (χ2n) is 4.51. The third-order valence-electron chi connectivity index (χ3n) is 3.02. The lowest BCUT2D eigenvalue weighted by molar-refractivity contribution is 0.514. The smallest absolute Gasteiger partial charge is 0.184 e. The number of nitrogens with zero attached hydrogens (tertiary/aromatic N) is 1. The second-order valence-corrected chi connectivity index (χ2v) is 4.90. The van der Waals surface area contributed by atoms with Gasteiger partial charge in [0.25, 0.3) is 0 Å². The van der Waals surface area contributed by atoms with Gasteiger partial charge in [0, 0.05) is 0 Å². The van der Waals surface area contributed by atoms with Crippen LogP contribution >= 0.6 is 12.2 Å². The first-order valence-corrected chi connectivity index (χ1v) is 6.24. The van der Waals surface area contributed by atoms with E-state index in [1.165, 1.54) is 22.8 Å². The van der Waals surface area contributed by atoms with Crippen LogP contribution in [0.15, 0.2) is 30.3 Å². The van der Waals surface area contributed by atoms with Crippen LogP contribution in [0.1, 0.15) is 5.56 Å². The van der Waals surface area contributed by atoms with Gasteiger partial charge in [0.1, 0.15) is 11.3 Å². The van der Waals surface area contributed by atoms with Crippen molar-refractivity contribution in [2.45, 2.75) is 6.92 Å². The van der Waals surface area contributed by atoms with Gasteiger partial charge in [-0.05, 0) is 55.0 Å². The maximum absolute atomic E-state index is 14.0. The number of hydrogen-bond acceptors (Lipinski definition) is 1. The number of aromatic amines is 1. The first-order valence-electron chi connectivity index (χ1n) is 5.83. The molecule has 2 aromatic carbocycles. The molecule has 0 spiro atoms. The number of aromatic nitrogens is 2. The van der Waals surface area contributed by atoms with E-state index < -0.39 is 17.5 Å². The van der Waals surface area contributed by atoms with Crippen LogP contribution in [-0.4, -0.2) is 9.55 Å². The molecule has 102 valence electrons. The number of nitrogens with one attached hydrogen (secondary N) is 1. The number of imidazole rings is 1. The second kappa shape index (κ2) is 4.49. The van der Waals surface area contributed by atoms with Gasteiger partial charge in [-0.2, -0.15) is 0 Å². The fourth-order valence-electron chi connectivity index (χ4n) is 2.22. The van der Waals surface area contributed by atoms with Crippen molar-refractivity contribution < 1.29 is 13.2 Å². The molecule has 0 fully saturated rings. The summed E-state index contributed by atoms with van der Waals surface area (Å²) in [5.74, 6) is -2.46. The van der Waals surface area contributed by atoms with Gasteiger partial charge in [0.2, 0.25) is 0 Å². The fraction of sp³-hybridized carbons (Fsp3) is 0.0714. The largest absolute Gasteiger partial charge is 0.330 e. The molecule has 0 saturated carbocycles. The molecule has 0 unspecified atom stereocenters. The summed E-state index contributed by atoms with van der Waals surface area (Å²) in [6.45, 7) is 1.71. The molecule has 0 radical (unpaired) electrons. The van der Waals surface area contributed by atoms with Crippen molar-refractivity contribution in [2.24, 2.45) is 0 Å². The summed E-state index contributed by atoms with van der Waals surface area (Å²) in [4.78, 5) is 2.78. The molecule has 3 rings (SSSR count). The first-order chi connectivity index (χ1) is 9.47. The average molecular weight is 294 g/mol. The van der Waals surface area contributed by atoms with Crippen molar-refractivity contribution >= 4 is 23.3 Å². The highest BCUT2D eigenvalue weighted by atomic mass is 32.1. The van der Waals surface area contributed by atoms with Crippen LogP contribution in [0.5, 0.6) is 0 Å². The van der Waals surface area contributed by atoms with Crippen molar-refractivity contribution in [3.63, 3.8) is 0 Å². The number of hydrogen-bond donors (Lipinski definition) is 1. The van der Waals surface area contributed by atoms with Crippen molar-refractivity contribution in [2.75, 3.05) is 0 Å². The van der Waals surface area contributed by atoms with Gasteiger partial charge in [0.15, 0.2) is 16.4 Å². The zero-order valence-corrected chi connectivity index (χ0v) is 11.2. The van der Waals surface area contributed by atoms with E-state index in [9.17, 15) is 13.2 Å². The Hall–Kier alpha value is -2.08. The Morgan fingerprint density at radius 3 is 2.55 bits per heavy atom. The van der Waals surface area contributed by atoms with Gasteiger partial charge in [-0.25, -0.2) is 13.2 Å². The molecule has 0 atom stereocenters. The molecular formula is C14H9F3N2S. The van der Waals surface area contributed by atoms with Crippen LogP contribution in [0.4, 0.5) is 13.2 Å². The van der Waals surface area contributed by atoms with E-state index in [2.05, 4.69) is 4.98 Å². The van der Waals surface area contributed by atoms with Crippen LogP contribution in [0.2, 0.25) is 0 Å². The normalized spacial score (nSPS) is 11.2. The molecule has 6 heteroatoms. The Morgan fingerprint density at radius 2 is 1.85 bits per heavy atom. The minimum absolute atomic E-state index is 0.0278.